The van der Waals surface area contributed by atoms with Gasteiger partial charge < -0.3 is 21.9 Å². The second-order valence-corrected chi connectivity index (χ2v) is 8.12. The highest BCUT2D eigenvalue weighted by atomic mass is 32.2. The van der Waals surface area contributed by atoms with E-state index in [1.807, 2.05) is 30.3 Å². The van der Waals surface area contributed by atoms with E-state index in [1.54, 1.807) is 41.6 Å². The van der Waals surface area contributed by atoms with E-state index in [4.69, 9.17) is 21.9 Å². The van der Waals surface area contributed by atoms with E-state index < -0.39 is 5.91 Å². The second-order valence-electron chi connectivity index (χ2n) is 7.06. The van der Waals surface area contributed by atoms with Crippen molar-refractivity contribution in [3.63, 3.8) is 0 Å². The zero-order chi connectivity index (χ0) is 22.2. The molecule has 1 heterocycles. The van der Waals surface area contributed by atoms with E-state index in [1.165, 1.54) is 0 Å². The second kappa shape index (κ2) is 10.7. The van der Waals surface area contributed by atoms with Crippen molar-refractivity contribution in [1.82, 2.24) is 4.31 Å². The molecule has 8 heteroatoms. The van der Waals surface area contributed by atoms with Gasteiger partial charge in [0.05, 0.1) is 11.7 Å². The molecule has 31 heavy (non-hydrogen) atoms. The van der Waals surface area contributed by atoms with Crippen molar-refractivity contribution in [3.8, 4) is 11.5 Å². The zero-order valence-corrected chi connectivity index (χ0v) is 18.1. The highest BCUT2D eigenvalue weighted by Gasteiger charge is 2.22. The number of hydrogen-bond acceptors (Lipinski definition) is 6. The van der Waals surface area contributed by atoms with Crippen LogP contribution in [0.5, 0.6) is 11.5 Å². The molecule has 3 rings (SSSR count). The van der Waals surface area contributed by atoms with E-state index >= 15 is 0 Å². The minimum absolute atomic E-state index is 0.0326. The first-order valence-corrected chi connectivity index (χ1v) is 10.8. The fourth-order valence-electron chi connectivity index (χ4n) is 3.36. The van der Waals surface area contributed by atoms with Gasteiger partial charge in [-0.25, -0.2) is 4.31 Å². The minimum Gasteiger partial charge on any atom is -0.457 e. The molecule has 0 aromatic heterocycles. The molecule has 2 aromatic carbocycles. The van der Waals surface area contributed by atoms with Gasteiger partial charge in [-0.2, -0.15) is 0 Å². The van der Waals surface area contributed by atoms with Gasteiger partial charge in [0, 0.05) is 13.1 Å². The molecule has 6 N–H and O–H groups in total. The van der Waals surface area contributed by atoms with Crippen LogP contribution in [0.15, 0.2) is 77.1 Å². The Labute approximate surface area is 186 Å². The fraction of sp³-hybridized carbons (Fsp3) is 0.217. The number of piperidine rings is 1. The van der Waals surface area contributed by atoms with Crippen LogP contribution >= 0.6 is 11.9 Å². The van der Waals surface area contributed by atoms with Crippen molar-refractivity contribution in [3.05, 3.63) is 77.7 Å². The molecule has 0 saturated carbocycles. The molecule has 2 aromatic rings. The molecule has 1 aliphatic rings. The Morgan fingerprint density at radius 1 is 1.10 bits per heavy atom. The summed E-state index contributed by atoms with van der Waals surface area (Å²) in [5.41, 5.74) is 18.9. The molecule has 0 radical (unpaired) electrons. The highest BCUT2D eigenvalue weighted by Crippen LogP contribution is 2.24. The van der Waals surface area contributed by atoms with Crippen LogP contribution in [0.25, 0.3) is 5.70 Å². The third kappa shape index (κ3) is 6.13. The van der Waals surface area contributed by atoms with Crippen LogP contribution in [0, 0.1) is 0 Å². The lowest BCUT2D eigenvalue weighted by Crippen LogP contribution is -2.36. The number of amidine groups is 1. The molecule has 0 bridgehead atoms. The molecule has 1 amide bonds. The van der Waals surface area contributed by atoms with Crippen molar-refractivity contribution in [2.75, 3.05) is 13.1 Å². The molecular weight excluding hydrogens is 410 g/mol. The molecule has 0 aliphatic carbocycles. The molecule has 7 nitrogen and oxygen atoms in total. The summed E-state index contributed by atoms with van der Waals surface area (Å²) in [7, 11) is 0. The van der Waals surface area contributed by atoms with E-state index in [-0.39, 0.29) is 23.1 Å². The number of hydrogen-bond donors (Lipinski definition) is 3. The van der Waals surface area contributed by atoms with Gasteiger partial charge in [0.1, 0.15) is 22.9 Å². The van der Waals surface area contributed by atoms with Crippen LogP contribution in [-0.2, 0) is 4.79 Å². The first-order chi connectivity index (χ1) is 15.0. The summed E-state index contributed by atoms with van der Waals surface area (Å²) in [4.78, 5) is 16.7. The topological polar surface area (TPSA) is 120 Å². The molecule has 1 fully saturated rings. The van der Waals surface area contributed by atoms with Gasteiger partial charge in [0.15, 0.2) is 0 Å². The standard InChI is InChI=1S/C23H27N5O2S/c1-2-31-28-14-6-7-17(15-28)27-22(25)20(23(26)29)21(24)16-10-12-19(13-11-16)30-18-8-4-3-5-9-18/h2-5,8-13,17H,1,6-7,14-15,24H2,(H2,25,27)(H2,26,29). The fourth-order valence-corrected chi connectivity index (χ4v) is 4.06. The monoisotopic (exact) mass is 437 g/mol. The quantitative estimate of drug-likeness (QED) is 0.252. The number of rotatable bonds is 8. The van der Waals surface area contributed by atoms with E-state index in [0.29, 0.717) is 11.3 Å². The summed E-state index contributed by atoms with van der Waals surface area (Å²) >= 11 is 1.55. The molecule has 162 valence electrons. The molecule has 1 atom stereocenters. The van der Waals surface area contributed by atoms with Crippen molar-refractivity contribution in [2.45, 2.75) is 18.9 Å². The van der Waals surface area contributed by atoms with E-state index in [2.05, 4.69) is 15.9 Å². The molecule has 0 spiro atoms. The number of ether oxygens (including phenoxy) is 1. The highest BCUT2D eigenvalue weighted by molar-refractivity contribution is 7.99. The third-order valence-corrected chi connectivity index (χ3v) is 5.60. The zero-order valence-electron chi connectivity index (χ0n) is 17.2. The summed E-state index contributed by atoms with van der Waals surface area (Å²) in [6.45, 7) is 5.42. The van der Waals surface area contributed by atoms with Gasteiger partial charge in [-0.15, -0.1) is 0 Å². The number of primary amides is 1. The van der Waals surface area contributed by atoms with Gasteiger partial charge in [-0.1, -0.05) is 36.7 Å². The van der Waals surface area contributed by atoms with Crippen molar-refractivity contribution in [2.24, 2.45) is 22.2 Å². The van der Waals surface area contributed by atoms with Gasteiger partial charge in [-0.3, -0.25) is 9.79 Å². The van der Waals surface area contributed by atoms with Gasteiger partial charge >= 0.3 is 0 Å². The molecule has 1 aliphatic heterocycles. The van der Waals surface area contributed by atoms with Crippen molar-refractivity contribution in [1.29, 1.82) is 0 Å². The minimum atomic E-state index is -0.712. The van der Waals surface area contributed by atoms with E-state index in [0.717, 1.165) is 31.7 Å². The summed E-state index contributed by atoms with van der Waals surface area (Å²) in [5.74, 6) is 0.720. The molecule has 1 unspecified atom stereocenters. The molecular formula is C23H27N5O2S. The number of aliphatic imine (C=N–C) groups is 1. The first kappa shape index (κ1) is 22.5. The van der Waals surface area contributed by atoms with Crippen LogP contribution in [0.3, 0.4) is 0 Å². The Balaban J connectivity index is 1.80. The summed E-state index contributed by atoms with van der Waals surface area (Å²) < 4.78 is 7.96. The third-order valence-electron chi connectivity index (χ3n) is 4.82. The Kier molecular flexibility index (Phi) is 7.75. The Morgan fingerprint density at radius 3 is 2.42 bits per heavy atom. The predicted molar refractivity (Wildman–Crippen MR) is 127 cm³/mol. The Hall–Kier alpha value is -3.23. The number of nitrogens with zero attached hydrogens (tertiary/aromatic N) is 2. The SMILES string of the molecule is C=CSN1CCCC(N=C(N)C(C(N)=O)=C(N)c2ccc(Oc3ccccc3)cc2)C1. The number of carbonyl (C=O) groups excluding carboxylic acids is 1. The number of amides is 1. The average molecular weight is 438 g/mol. The summed E-state index contributed by atoms with van der Waals surface area (Å²) in [5, 5.41) is 1.79. The predicted octanol–water partition coefficient (Wildman–Crippen LogP) is 3.25. The molecule has 1 saturated heterocycles. The average Bonchev–Trinajstić information content (AvgIpc) is 2.75. The van der Waals surface area contributed by atoms with Crippen molar-refractivity contribution < 1.29 is 9.53 Å². The van der Waals surface area contributed by atoms with Crippen LogP contribution in [0.1, 0.15) is 18.4 Å². The Morgan fingerprint density at radius 2 is 1.77 bits per heavy atom. The van der Waals surface area contributed by atoms with Crippen LogP contribution in [0.2, 0.25) is 0 Å². The van der Waals surface area contributed by atoms with Crippen molar-refractivity contribution >= 4 is 29.4 Å². The van der Waals surface area contributed by atoms with Gasteiger partial charge in [0.25, 0.3) is 5.91 Å². The van der Waals surface area contributed by atoms with Crippen LogP contribution < -0.4 is 21.9 Å². The number of nitrogens with two attached hydrogens (primary N) is 3. The smallest absolute Gasteiger partial charge is 0.254 e. The maximum atomic E-state index is 12.1. The summed E-state index contributed by atoms with van der Waals surface area (Å²) in [6.07, 6.45) is 1.86. The lowest BCUT2D eigenvalue weighted by Gasteiger charge is -2.28. The van der Waals surface area contributed by atoms with E-state index in [9.17, 15) is 4.79 Å². The summed E-state index contributed by atoms with van der Waals surface area (Å²) in [6, 6.07) is 16.5. The van der Waals surface area contributed by atoms with Crippen LogP contribution in [0.4, 0.5) is 0 Å². The largest absolute Gasteiger partial charge is 0.457 e. The Bertz CT molecular complexity index is 973. The normalized spacial score (nSPS) is 18.2. The maximum Gasteiger partial charge on any atom is 0.254 e. The number of benzene rings is 2. The number of para-hydroxylation sites is 1. The van der Waals surface area contributed by atoms with Gasteiger partial charge in [-0.05, 0) is 60.2 Å². The lowest BCUT2D eigenvalue weighted by atomic mass is 10.0. The maximum absolute atomic E-state index is 12.1. The number of carbonyl (C=O) groups is 1. The van der Waals surface area contributed by atoms with Gasteiger partial charge in [0.2, 0.25) is 0 Å². The van der Waals surface area contributed by atoms with Crippen LogP contribution in [-0.4, -0.2) is 35.2 Å². The first-order valence-electron chi connectivity index (χ1n) is 9.97. The lowest BCUT2D eigenvalue weighted by molar-refractivity contribution is -0.114.